The molecule has 0 aromatic rings. The lowest BCUT2D eigenvalue weighted by Crippen LogP contribution is -2.38. The summed E-state index contributed by atoms with van der Waals surface area (Å²) in [4.78, 5) is 0. The molecular weight excluding hydrogens is 196 g/mol. The highest BCUT2D eigenvalue weighted by Gasteiger charge is 2.30. The summed E-state index contributed by atoms with van der Waals surface area (Å²) in [5.74, 6) is 0. The van der Waals surface area contributed by atoms with Crippen LogP contribution < -0.4 is 0 Å². The van der Waals surface area contributed by atoms with Gasteiger partial charge in [-0.3, -0.25) is 0 Å². The number of ether oxygens (including phenoxy) is 1. The molecule has 0 bridgehead atoms. The molecule has 0 fully saturated rings. The maximum absolute atomic E-state index is 5.39. The first-order valence-electron chi connectivity index (χ1n) is 5.06. The third-order valence-corrected chi connectivity index (χ3v) is 5.22. The van der Waals surface area contributed by atoms with E-state index in [2.05, 4.69) is 13.5 Å². The molecule has 0 rings (SSSR count). The lowest BCUT2D eigenvalue weighted by atomic mass is 10.5. The van der Waals surface area contributed by atoms with Crippen LogP contribution in [0.5, 0.6) is 0 Å². The topological polar surface area (TPSA) is 27.7 Å². The van der Waals surface area contributed by atoms with E-state index < -0.39 is 8.56 Å². The minimum absolute atomic E-state index is 0.781. The first-order chi connectivity index (χ1) is 6.74. The average molecular weight is 218 g/mol. The molecule has 0 N–H and O–H groups in total. The molecule has 0 saturated heterocycles. The summed E-state index contributed by atoms with van der Waals surface area (Å²) in [7, 11) is 1.28. The highest BCUT2D eigenvalue weighted by atomic mass is 28.4. The highest BCUT2D eigenvalue weighted by molar-refractivity contribution is 6.72. The monoisotopic (exact) mass is 218 g/mol. The molecule has 0 spiro atoms. The van der Waals surface area contributed by atoms with E-state index in [0.717, 1.165) is 32.1 Å². The predicted octanol–water partition coefficient (Wildman–Crippen LogP) is 2.26. The number of hydrogen-bond donors (Lipinski definition) is 0. The van der Waals surface area contributed by atoms with Crippen LogP contribution in [0, 0.1) is 0 Å². The van der Waals surface area contributed by atoms with E-state index in [1.54, 1.807) is 14.2 Å². The lowest BCUT2D eigenvalue weighted by Gasteiger charge is -2.23. The minimum Gasteiger partial charge on any atom is -0.395 e. The van der Waals surface area contributed by atoms with Gasteiger partial charge in [-0.15, -0.1) is 6.58 Å². The zero-order valence-corrected chi connectivity index (χ0v) is 10.5. The van der Waals surface area contributed by atoms with Gasteiger partial charge in [0.1, 0.15) is 0 Å². The van der Waals surface area contributed by atoms with Crippen LogP contribution in [0.1, 0.15) is 19.8 Å². The van der Waals surface area contributed by atoms with Crippen molar-refractivity contribution in [2.24, 2.45) is 0 Å². The molecule has 84 valence electrons. The zero-order chi connectivity index (χ0) is 10.9. The predicted molar refractivity (Wildman–Crippen MR) is 60.5 cm³/mol. The maximum Gasteiger partial charge on any atom is 0.364 e. The van der Waals surface area contributed by atoms with Crippen molar-refractivity contribution in [1.29, 1.82) is 0 Å². The molecule has 0 atom stereocenters. The third-order valence-electron chi connectivity index (χ3n) is 2.16. The molecule has 3 nitrogen and oxygen atoms in total. The number of hydrogen-bond acceptors (Lipinski definition) is 3. The van der Waals surface area contributed by atoms with Gasteiger partial charge in [0.15, 0.2) is 0 Å². The summed E-state index contributed by atoms with van der Waals surface area (Å²) < 4.78 is 16.2. The molecule has 14 heavy (non-hydrogen) atoms. The second kappa shape index (κ2) is 8.17. The van der Waals surface area contributed by atoms with E-state index in [9.17, 15) is 0 Å². The molecule has 0 heterocycles. The summed E-state index contributed by atoms with van der Waals surface area (Å²) in [6.07, 6.45) is 2.04. The molecule has 0 aliphatic rings. The summed E-state index contributed by atoms with van der Waals surface area (Å²) in [6.45, 7) is 7.48. The first kappa shape index (κ1) is 13.8. The molecule has 0 radical (unpaired) electrons. The van der Waals surface area contributed by atoms with E-state index in [0.29, 0.717) is 0 Å². The van der Waals surface area contributed by atoms with Gasteiger partial charge in [0.2, 0.25) is 0 Å². The van der Waals surface area contributed by atoms with Crippen LogP contribution in [0.2, 0.25) is 6.04 Å². The summed E-state index contributed by atoms with van der Waals surface area (Å²) in [5, 5.41) is 0. The van der Waals surface area contributed by atoms with Gasteiger partial charge in [-0.05, 0) is 24.6 Å². The molecule has 0 aliphatic heterocycles. The van der Waals surface area contributed by atoms with Crippen molar-refractivity contribution in [1.82, 2.24) is 0 Å². The van der Waals surface area contributed by atoms with Crippen molar-refractivity contribution in [3.8, 4) is 0 Å². The summed E-state index contributed by atoms with van der Waals surface area (Å²) in [6, 6.07) is 0.910. The van der Waals surface area contributed by atoms with Crippen LogP contribution in [0.15, 0.2) is 12.3 Å². The Bertz CT molecular complexity index is 146. The Balaban J connectivity index is 3.66. The first-order valence-corrected chi connectivity index (χ1v) is 7.16. The van der Waals surface area contributed by atoms with E-state index in [-0.39, 0.29) is 0 Å². The molecule has 0 aromatic heterocycles. The molecule has 0 saturated carbocycles. The second-order valence-electron chi connectivity index (χ2n) is 3.14. The van der Waals surface area contributed by atoms with Crippen molar-refractivity contribution in [2.75, 3.05) is 27.4 Å². The van der Waals surface area contributed by atoms with Crippen LogP contribution in [0.25, 0.3) is 0 Å². The third kappa shape index (κ3) is 4.90. The molecular formula is C10H22O3Si. The fraction of sp³-hybridized carbons (Fsp3) is 0.800. The lowest BCUT2D eigenvalue weighted by molar-refractivity contribution is 0.132. The fourth-order valence-corrected chi connectivity index (χ4v) is 2.97. The molecule has 4 heteroatoms. The molecule has 0 aromatic carbocycles. The van der Waals surface area contributed by atoms with Gasteiger partial charge in [-0.25, -0.2) is 0 Å². The van der Waals surface area contributed by atoms with Crippen molar-refractivity contribution in [2.45, 2.75) is 25.8 Å². The van der Waals surface area contributed by atoms with Crippen molar-refractivity contribution in [3.05, 3.63) is 12.3 Å². The van der Waals surface area contributed by atoms with E-state index in [1.807, 2.05) is 5.70 Å². The Morgan fingerprint density at radius 2 is 1.86 bits per heavy atom. The smallest absolute Gasteiger partial charge is 0.364 e. The van der Waals surface area contributed by atoms with E-state index >= 15 is 0 Å². The van der Waals surface area contributed by atoms with Crippen LogP contribution in [-0.4, -0.2) is 36.0 Å². The van der Waals surface area contributed by atoms with E-state index in [1.165, 1.54) is 0 Å². The SMILES string of the molecule is C=C[Si](CCCOCCC)(OC)OC. The largest absolute Gasteiger partial charge is 0.395 e. The van der Waals surface area contributed by atoms with Gasteiger partial charge < -0.3 is 13.6 Å². The Kier molecular flexibility index (Phi) is 8.08. The summed E-state index contributed by atoms with van der Waals surface area (Å²) in [5.41, 5.74) is 1.83. The van der Waals surface area contributed by atoms with Gasteiger partial charge in [0, 0.05) is 27.4 Å². The van der Waals surface area contributed by atoms with Gasteiger partial charge in [0.05, 0.1) is 0 Å². The molecule has 0 unspecified atom stereocenters. The van der Waals surface area contributed by atoms with Crippen LogP contribution in [-0.2, 0) is 13.6 Å². The summed E-state index contributed by atoms with van der Waals surface area (Å²) >= 11 is 0. The average Bonchev–Trinajstić information content (AvgIpc) is 2.24. The van der Waals surface area contributed by atoms with Crippen LogP contribution in [0.3, 0.4) is 0 Å². The standard InChI is InChI=1S/C10H22O3Si/c1-5-8-13-9-7-10-14(6-2,11-3)12-4/h6H,2,5,7-10H2,1,3-4H3. The Morgan fingerprint density at radius 3 is 2.29 bits per heavy atom. The van der Waals surface area contributed by atoms with Gasteiger partial charge in [0.25, 0.3) is 0 Å². The normalized spacial score (nSPS) is 11.6. The van der Waals surface area contributed by atoms with Gasteiger partial charge >= 0.3 is 8.56 Å². The maximum atomic E-state index is 5.39. The minimum atomic E-state index is -2.09. The second-order valence-corrected chi connectivity index (χ2v) is 6.49. The van der Waals surface area contributed by atoms with Crippen LogP contribution >= 0.6 is 0 Å². The molecule has 0 amide bonds. The quantitative estimate of drug-likeness (QED) is 0.439. The molecule has 0 aliphatic carbocycles. The van der Waals surface area contributed by atoms with Crippen molar-refractivity contribution < 1.29 is 13.6 Å². The Labute approximate surface area is 88.3 Å². The fourth-order valence-electron chi connectivity index (χ4n) is 1.22. The Hall–Kier alpha value is -0.163. The number of rotatable bonds is 9. The highest BCUT2D eigenvalue weighted by Crippen LogP contribution is 2.15. The van der Waals surface area contributed by atoms with Crippen LogP contribution in [0.4, 0.5) is 0 Å². The van der Waals surface area contributed by atoms with Gasteiger partial charge in [-0.2, -0.15) is 0 Å². The van der Waals surface area contributed by atoms with Crippen molar-refractivity contribution in [3.63, 3.8) is 0 Å². The van der Waals surface area contributed by atoms with Crippen molar-refractivity contribution >= 4 is 8.56 Å². The van der Waals surface area contributed by atoms with Gasteiger partial charge in [-0.1, -0.05) is 6.92 Å². The Morgan fingerprint density at radius 1 is 1.21 bits per heavy atom. The van der Waals surface area contributed by atoms with E-state index in [4.69, 9.17) is 13.6 Å². The zero-order valence-electron chi connectivity index (χ0n) is 9.54.